The van der Waals surface area contributed by atoms with E-state index in [0.29, 0.717) is 24.5 Å². The van der Waals surface area contributed by atoms with Gasteiger partial charge in [-0.25, -0.2) is 4.98 Å². The summed E-state index contributed by atoms with van der Waals surface area (Å²) in [6, 6.07) is 2.54. The van der Waals surface area contributed by atoms with Gasteiger partial charge in [-0.3, -0.25) is 0 Å². The Balaban J connectivity index is 1.68. The molecule has 25 heavy (non-hydrogen) atoms. The van der Waals surface area contributed by atoms with Gasteiger partial charge in [0.05, 0.1) is 18.4 Å². The van der Waals surface area contributed by atoms with Crippen molar-refractivity contribution in [1.82, 2.24) is 19.6 Å². The van der Waals surface area contributed by atoms with Gasteiger partial charge in [-0.2, -0.15) is 14.6 Å². The van der Waals surface area contributed by atoms with E-state index in [2.05, 4.69) is 40.0 Å². The zero-order valence-electron chi connectivity index (χ0n) is 15.3. The molecule has 2 aromatic heterocycles. The number of hydrogen-bond donors (Lipinski definition) is 0. The molecule has 4 rings (SSSR count). The Hall–Kier alpha value is -1.73. The third kappa shape index (κ3) is 2.60. The lowest BCUT2D eigenvalue weighted by atomic mass is 9.60. The van der Waals surface area contributed by atoms with Gasteiger partial charge in [0.15, 0.2) is 0 Å². The molecule has 0 radical (unpaired) electrons. The van der Waals surface area contributed by atoms with Crippen LogP contribution in [0.25, 0.3) is 5.78 Å². The lowest BCUT2D eigenvalue weighted by Gasteiger charge is -2.57. The Morgan fingerprint density at radius 1 is 1.36 bits per heavy atom. The first-order chi connectivity index (χ1) is 12.2. The Morgan fingerprint density at radius 3 is 2.88 bits per heavy atom. The molecule has 0 aromatic carbocycles. The number of fused-ring (bicyclic) bond motifs is 1. The van der Waals surface area contributed by atoms with Crippen LogP contribution >= 0.6 is 0 Å². The molecule has 0 unspecified atom stereocenters. The minimum Gasteiger partial charge on any atom is -0.378 e. The summed E-state index contributed by atoms with van der Waals surface area (Å²) in [6.45, 7) is 3.36. The summed E-state index contributed by atoms with van der Waals surface area (Å²) in [4.78, 5) is 11.2. The van der Waals surface area contributed by atoms with Crippen LogP contribution in [0, 0.1) is 5.41 Å². The van der Waals surface area contributed by atoms with E-state index in [1.807, 2.05) is 4.52 Å². The highest BCUT2D eigenvalue weighted by Crippen LogP contribution is 2.56. The summed E-state index contributed by atoms with van der Waals surface area (Å²) in [5.41, 5.74) is 1.16. The second-order valence-corrected chi connectivity index (χ2v) is 7.26. The fourth-order valence-corrected chi connectivity index (χ4v) is 4.87. The van der Waals surface area contributed by atoms with Crippen molar-refractivity contribution in [2.45, 2.75) is 57.8 Å². The summed E-state index contributed by atoms with van der Waals surface area (Å²) in [5.74, 6) is 1.65. The average Bonchev–Trinajstić information content (AvgIpc) is 3.27. The van der Waals surface area contributed by atoms with E-state index in [1.165, 1.54) is 25.7 Å². The molecule has 0 amide bonds. The lowest BCUT2D eigenvalue weighted by Crippen LogP contribution is -2.63. The van der Waals surface area contributed by atoms with Crippen LogP contribution in [-0.4, -0.2) is 52.5 Å². The van der Waals surface area contributed by atoms with Crippen LogP contribution in [0.3, 0.4) is 0 Å². The molecule has 2 aliphatic carbocycles. The molecule has 0 aliphatic heterocycles. The summed E-state index contributed by atoms with van der Waals surface area (Å²) >= 11 is 0. The molecule has 0 bridgehead atoms. The molecule has 0 N–H and O–H groups in total. The quantitative estimate of drug-likeness (QED) is 0.801. The maximum absolute atomic E-state index is 6.07. The number of anilines is 1. The first-order valence-electron chi connectivity index (χ1n) is 9.22. The van der Waals surface area contributed by atoms with Gasteiger partial charge in [0.1, 0.15) is 12.1 Å². The van der Waals surface area contributed by atoms with Crippen LogP contribution in [-0.2, 0) is 16.1 Å². The Morgan fingerprint density at radius 2 is 2.16 bits per heavy atom. The van der Waals surface area contributed by atoms with Crippen LogP contribution in [0.5, 0.6) is 0 Å². The van der Waals surface area contributed by atoms with Crippen LogP contribution in [0.2, 0.25) is 0 Å². The molecule has 7 heteroatoms. The van der Waals surface area contributed by atoms with E-state index in [0.717, 1.165) is 24.5 Å². The van der Waals surface area contributed by atoms with Crippen molar-refractivity contribution in [1.29, 1.82) is 0 Å². The molecule has 7 nitrogen and oxygen atoms in total. The van der Waals surface area contributed by atoms with Crippen molar-refractivity contribution in [3.63, 3.8) is 0 Å². The molecule has 2 atom stereocenters. The molecule has 0 saturated heterocycles. The van der Waals surface area contributed by atoms with E-state index in [-0.39, 0.29) is 5.41 Å². The summed E-state index contributed by atoms with van der Waals surface area (Å²) in [7, 11) is 3.85. The molecule has 2 fully saturated rings. The number of ether oxygens (including phenoxy) is 2. The monoisotopic (exact) mass is 345 g/mol. The largest absolute Gasteiger partial charge is 0.378 e. The van der Waals surface area contributed by atoms with Gasteiger partial charge in [-0.15, -0.1) is 0 Å². The van der Waals surface area contributed by atoms with Crippen LogP contribution in [0.15, 0.2) is 12.4 Å². The number of methoxy groups -OCH3 is 1. The first-order valence-corrected chi connectivity index (χ1v) is 9.22. The standard InChI is InChI=1S/C18H27N5O2/c1-4-25-15-10-14(18(15)7-5-6-8-18)22(2)16-9-13(11-24-3)21-17-19-12-20-23(16)17/h9,12,14-15H,4-8,10-11H2,1-3H3/t14-,15+/m0/s1. The van der Waals surface area contributed by atoms with Crippen LogP contribution in [0.4, 0.5) is 5.82 Å². The molecular formula is C18H27N5O2. The zero-order chi connectivity index (χ0) is 17.4. The molecular weight excluding hydrogens is 318 g/mol. The molecule has 2 aromatic rings. The van der Waals surface area contributed by atoms with Crippen molar-refractivity contribution in [2.75, 3.05) is 25.7 Å². The Bertz CT molecular complexity index is 740. The first kappa shape index (κ1) is 16.7. The van der Waals surface area contributed by atoms with E-state index in [9.17, 15) is 0 Å². The predicted octanol–water partition coefficient (Wildman–Crippen LogP) is 2.44. The molecule has 2 aliphatic rings. The Labute approximate surface area is 148 Å². The average molecular weight is 345 g/mol. The minimum atomic E-state index is 0.280. The number of hydrogen-bond acceptors (Lipinski definition) is 6. The number of aromatic nitrogens is 4. The van der Waals surface area contributed by atoms with Gasteiger partial charge >= 0.3 is 0 Å². The van der Waals surface area contributed by atoms with Crippen molar-refractivity contribution in [3.8, 4) is 0 Å². The highest BCUT2D eigenvalue weighted by Gasteiger charge is 2.58. The molecule has 1 spiro atoms. The molecule has 136 valence electrons. The normalized spacial score (nSPS) is 24.8. The third-order valence-corrected chi connectivity index (χ3v) is 6.05. The summed E-state index contributed by atoms with van der Waals surface area (Å²) < 4.78 is 13.2. The smallest absolute Gasteiger partial charge is 0.254 e. The third-order valence-electron chi connectivity index (χ3n) is 6.05. The van der Waals surface area contributed by atoms with Gasteiger partial charge in [-0.05, 0) is 26.2 Å². The van der Waals surface area contributed by atoms with Crippen LogP contribution in [0.1, 0.15) is 44.7 Å². The zero-order valence-corrected chi connectivity index (χ0v) is 15.3. The van der Waals surface area contributed by atoms with E-state index >= 15 is 0 Å². The molecule has 2 saturated carbocycles. The van der Waals surface area contributed by atoms with Crippen molar-refractivity contribution >= 4 is 11.6 Å². The fraction of sp³-hybridized carbons (Fsp3) is 0.722. The summed E-state index contributed by atoms with van der Waals surface area (Å²) in [5, 5.41) is 4.38. The topological polar surface area (TPSA) is 64.8 Å². The number of nitrogens with zero attached hydrogens (tertiary/aromatic N) is 5. The van der Waals surface area contributed by atoms with Crippen molar-refractivity contribution < 1.29 is 9.47 Å². The SMILES string of the molecule is CCO[C@@H]1C[C@H](N(C)c2cc(COC)nc3ncnn23)C12CCCC2. The van der Waals surface area contributed by atoms with Gasteiger partial charge in [0.2, 0.25) is 0 Å². The van der Waals surface area contributed by atoms with E-state index in [4.69, 9.17) is 9.47 Å². The van der Waals surface area contributed by atoms with Gasteiger partial charge in [0, 0.05) is 38.3 Å². The van der Waals surface area contributed by atoms with Crippen molar-refractivity contribution in [2.24, 2.45) is 5.41 Å². The van der Waals surface area contributed by atoms with E-state index < -0.39 is 0 Å². The number of rotatable bonds is 6. The second kappa shape index (κ2) is 6.53. The van der Waals surface area contributed by atoms with Crippen molar-refractivity contribution in [3.05, 3.63) is 18.1 Å². The van der Waals surface area contributed by atoms with E-state index in [1.54, 1.807) is 13.4 Å². The minimum absolute atomic E-state index is 0.280. The molecule has 2 heterocycles. The van der Waals surface area contributed by atoms with Gasteiger partial charge in [0.25, 0.3) is 5.78 Å². The maximum Gasteiger partial charge on any atom is 0.254 e. The van der Waals surface area contributed by atoms with Gasteiger partial charge < -0.3 is 14.4 Å². The fourth-order valence-electron chi connectivity index (χ4n) is 4.87. The highest BCUT2D eigenvalue weighted by atomic mass is 16.5. The predicted molar refractivity (Wildman–Crippen MR) is 94.6 cm³/mol. The van der Waals surface area contributed by atoms with Gasteiger partial charge in [-0.1, -0.05) is 12.8 Å². The maximum atomic E-state index is 6.07. The Kier molecular flexibility index (Phi) is 4.37. The second-order valence-electron chi connectivity index (χ2n) is 7.26. The van der Waals surface area contributed by atoms with Crippen LogP contribution < -0.4 is 4.90 Å². The summed E-state index contributed by atoms with van der Waals surface area (Å²) in [6.07, 6.45) is 8.13. The highest BCUT2D eigenvalue weighted by molar-refractivity contribution is 5.49. The lowest BCUT2D eigenvalue weighted by molar-refractivity contribution is -0.121.